The molecular formula is C32H26O4. The number of para-hydroxylation sites is 2. The molecule has 36 heavy (non-hydrogen) atoms. The van der Waals surface area contributed by atoms with E-state index in [0.717, 1.165) is 34.1 Å². The molecule has 0 bridgehead atoms. The van der Waals surface area contributed by atoms with E-state index >= 15 is 0 Å². The van der Waals surface area contributed by atoms with Gasteiger partial charge in [-0.1, -0.05) is 78.9 Å². The summed E-state index contributed by atoms with van der Waals surface area (Å²) in [6, 6.07) is 44.6. The summed E-state index contributed by atoms with van der Waals surface area (Å²) < 4.78 is 11.8. The molecule has 178 valence electrons. The molecular weight excluding hydrogens is 448 g/mol. The first kappa shape index (κ1) is 25.7. The maximum atomic E-state index is 8.00. The molecule has 0 saturated carbocycles. The summed E-state index contributed by atoms with van der Waals surface area (Å²) in [5, 5.41) is 0. The van der Waals surface area contributed by atoms with E-state index in [-0.39, 0.29) is 0 Å². The SMILES string of the molecule is C=O.C=O.c1ccc(Oc2ccc(-c3cccc(-c4ccc(Oc5ccccc5)cc4)c3)cc2)cc1. The fourth-order valence-electron chi connectivity index (χ4n) is 3.56. The van der Waals surface area contributed by atoms with E-state index in [2.05, 4.69) is 48.5 Å². The first-order valence-electron chi connectivity index (χ1n) is 11.2. The molecule has 0 aliphatic heterocycles. The summed E-state index contributed by atoms with van der Waals surface area (Å²) in [6.45, 7) is 4.00. The number of hydrogen-bond acceptors (Lipinski definition) is 4. The largest absolute Gasteiger partial charge is 0.457 e. The second kappa shape index (κ2) is 13.7. The third-order valence-electron chi connectivity index (χ3n) is 5.20. The molecule has 5 rings (SSSR count). The summed E-state index contributed by atoms with van der Waals surface area (Å²) in [7, 11) is 0. The Morgan fingerprint density at radius 3 is 1.03 bits per heavy atom. The third-order valence-corrected chi connectivity index (χ3v) is 5.20. The van der Waals surface area contributed by atoms with Gasteiger partial charge in [0.05, 0.1) is 0 Å². The lowest BCUT2D eigenvalue weighted by Crippen LogP contribution is -1.86. The highest BCUT2D eigenvalue weighted by molar-refractivity contribution is 5.73. The Bertz CT molecular complexity index is 1210. The molecule has 0 atom stereocenters. The van der Waals surface area contributed by atoms with Crippen molar-refractivity contribution in [2.24, 2.45) is 0 Å². The van der Waals surface area contributed by atoms with Crippen LogP contribution >= 0.6 is 0 Å². The number of ether oxygens (including phenoxy) is 2. The van der Waals surface area contributed by atoms with Gasteiger partial charge in [-0.3, -0.25) is 0 Å². The topological polar surface area (TPSA) is 52.6 Å². The summed E-state index contributed by atoms with van der Waals surface area (Å²) in [5.74, 6) is 3.32. The molecule has 0 unspecified atom stereocenters. The lowest BCUT2D eigenvalue weighted by atomic mass is 9.99. The van der Waals surface area contributed by atoms with Crippen molar-refractivity contribution in [2.75, 3.05) is 0 Å². The minimum Gasteiger partial charge on any atom is -0.457 e. The van der Waals surface area contributed by atoms with Gasteiger partial charge >= 0.3 is 0 Å². The van der Waals surface area contributed by atoms with Gasteiger partial charge in [-0.2, -0.15) is 0 Å². The molecule has 5 aromatic rings. The van der Waals surface area contributed by atoms with E-state index < -0.39 is 0 Å². The molecule has 0 amide bonds. The lowest BCUT2D eigenvalue weighted by molar-refractivity contribution is -0.0987. The zero-order chi connectivity index (χ0) is 25.6. The van der Waals surface area contributed by atoms with Gasteiger partial charge < -0.3 is 19.1 Å². The van der Waals surface area contributed by atoms with Crippen molar-refractivity contribution in [1.82, 2.24) is 0 Å². The molecule has 0 saturated heterocycles. The van der Waals surface area contributed by atoms with Gasteiger partial charge in [0.25, 0.3) is 0 Å². The average Bonchev–Trinajstić information content (AvgIpc) is 2.97. The Morgan fingerprint density at radius 2 is 0.667 bits per heavy atom. The number of carbonyl (C=O) groups is 2. The number of carbonyl (C=O) groups excluding carboxylic acids is 2. The highest BCUT2D eigenvalue weighted by Crippen LogP contribution is 2.30. The number of rotatable bonds is 6. The van der Waals surface area contributed by atoms with Gasteiger partial charge in [0.1, 0.15) is 36.6 Å². The van der Waals surface area contributed by atoms with Gasteiger partial charge in [-0.05, 0) is 76.9 Å². The van der Waals surface area contributed by atoms with E-state index in [1.807, 2.05) is 98.5 Å². The Labute approximate surface area is 211 Å². The quantitative estimate of drug-likeness (QED) is 0.249. The fraction of sp³-hybridized carbons (Fsp3) is 0. The maximum absolute atomic E-state index is 8.00. The molecule has 0 spiro atoms. The smallest absolute Gasteiger partial charge is 0.127 e. The normalized spacial score (nSPS) is 9.56. The van der Waals surface area contributed by atoms with Crippen LogP contribution < -0.4 is 9.47 Å². The van der Waals surface area contributed by atoms with Crippen LogP contribution in [0.25, 0.3) is 22.3 Å². The highest BCUT2D eigenvalue weighted by Gasteiger charge is 2.04. The summed E-state index contributed by atoms with van der Waals surface area (Å²) >= 11 is 0. The standard InChI is InChI=1S/C30H22O2.2CH2O/c1-3-10-27(11-4-1)31-29-18-14-23(15-19-29)25-8-7-9-26(22-25)24-16-20-30(21-17-24)32-28-12-5-2-6-13-28;2*1-2/h1-22H;2*1H2. The first-order chi connectivity index (χ1) is 17.8. The molecule has 0 aliphatic carbocycles. The van der Waals surface area contributed by atoms with Crippen molar-refractivity contribution in [2.45, 2.75) is 0 Å². The number of benzene rings is 5. The van der Waals surface area contributed by atoms with Crippen molar-refractivity contribution < 1.29 is 19.1 Å². The van der Waals surface area contributed by atoms with Crippen LogP contribution in [0.3, 0.4) is 0 Å². The van der Waals surface area contributed by atoms with E-state index in [0.29, 0.717) is 0 Å². The molecule has 0 fully saturated rings. The van der Waals surface area contributed by atoms with Crippen LogP contribution in [0.1, 0.15) is 0 Å². The molecule has 0 heterocycles. The molecule has 4 nitrogen and oxygen atoms in total. The van der Waals surface area contributed by atoms with E-state index in [9.17, 15) is 0 Å². The Hall–Kier alpha value is -4.96. The van der Waals surface area contributed by atoms with Gasteiger partial charge in [-0.15, -0.1) is 0 Å². The highest BCUT2D eigenvalue weighted by atomic mass is 16.5. The first-order valence-corrected chi connectivity index (χ1v) is 11.2. The van der Waals surface area contributed by atoms with Crippen molar-refractivity contribution >= 4 is 13.6 Å². The molecule has 0 radical (unpaired) electrons. The summed E-state index contributed by atoms with van der Waals surface area (Å²) in [6.07, 6.45) is 0. The van der Waals surface area contributed by atoms with Crippen molar-refractivity contribution in [3.8, 4) is 45.3 Å². The van der Waals surface area contributed by atoms with Gasteiger partial charge in [-0.25, -0.2) is 0 Å². The Balaban J connectivity index is 0.000000861. The fourth-order valence-corrected chi connectivity index (χ4v) is 3.56. The second-order valence-corrected chi connectivity index (χ2v) is 7.46. The predicted octanol–water partition coefficient (Wildman–Crippen LogP) is 8.24. The van der Waals surface area contributed by atoms with Crippen LogP contribution in [0.5, 0.6) is 23.0 Å². The Morgan fingerprint density at radius 1 is 0.333 bits per heavy atom. The minimum absolute atomic E-state index is 0.824. The predicted molar refractivity (Wildman–Crippen MR) is 145 cm³/mol. The van der Waals surface area contributed by atoms with Crippen molar-refractivity contribution in [3.05, 3.63) is 133 Å². The zero-order valence-electron chi connectivity index (χ0n) is 19.7. The third kappa shape index (κ3) is 7.02. The van der Waals surface area contributed by atoms with Crippen molar-refractivity contribution in [1.29, 1.82) is 0 Å². The molecule has 4 heteroatoms. The van der Waals surface area contributed by atoms with Gasteiger partial charge in [0, 0.05) is 0 Å². The van der Waals surface area contributed by atoms with Crippen LogP contribution in [-0.4, -0.2) is 13.6 Å². The second-order valence-electron chi connectivity index (χ2n) is 7.46. The van der Waals surface area contributed by atoms with Crippen LogP contribution in [-0.2, 0) is 9.59 Å². The van der Waals surface area contributed by atoms with Crippen LogP contribution in [0.2, 0.25) is 0 Å². The molecule has 5 aromatic carbocycles. The minimum atomic E-state index is 0.824. The monoisotopic (exact) mass is 474 g/mol. The summed E-state index contributed by atoms with van der Waals surface area (Å²) in [4.78, 5) is 16.0. The van der Waals surface area contributed by atoms with Crippen LogP contribution in [0, 0.1) is 0 Å². The lowest BCUT2D eigenvalue weighted by Gasteiger charge is -2.09. The van der Waals surface area contributed by atoms with E-state index in [4.69, 9.17) is 19.1 Å². The molecule has 0 aliphatic rings. The van der Waals surface area contributed by atoms with Gasteiger partial charge in [0.15, 0.2) is 0 Å². The molecule has 0 aromatic heterocycles. The summed E-state index contributed by atoms with van der Waals surface area (Å²) in [5.41, 5.74) is 4.63. The number of hydrogen-bond donors (Lipinski definition) is 0. The zero-order valence-corrected chi connectivity index (χ0v) is 19.7. The van der Waals surface area contributed by atoms with Gasteiger partial charge in [0.2, 0.25) is 0 Å². The maximum Gasteiger partial charge on any atom is 0.127 e. The molecule has 0 N–H and O–H groups in total. The van der Waals surface area contributed by atoms with Crippen LogP contribution in [0.15, 0.2) is 133 Å². The van der Waals surface area contributed by atoms with E-state index in [1.165, 1.54) is 11.1 Å². The van der Waals surface area contributed by atoms with Crippen molar-refractivity contribution in [3.63, 3.8) is 0 Å². The average molecular weight is 475 g/mol. The van der Waals surface area contributed by atoms with Crippen LogP contribution in [0.4, 0.5) is 0 Å². The van der Waals surface area contributed by atoms with E-state index in [1.54, 1.807) is 0 Å². The Kier molecular flexibility index (Phi) is 9.75.